The molecule has 4 nitrogen and oxygen atoms in total. The molecular weight excluding hydrogens is 296 g/mol. The molecule has 0 spiro atoms. The Bertz CT molecular complexity index is 669. The number of rotatable bonds is 5. The van der Waals surface area contributed by atoms with Gasteiger partial charge >= 0.3 is 0 Å². The van der Waals surface area contributed by atoms with Crippen molar-refractivity contribution in [2.24, 2.45) is 0 Å². The first-order valence-electron chi connectivity index (χ1n) is 6.87. The summed E-state index contributed by atoms with van der Waals surface area (Å²) in [6, 6.07) is 14.9. The van der Waals surface area contributed by atoms with Gasteiger partial charge in [-0.05, 0) is 42.2 Å². The zero-order valence-corrected chi connectivity index (χ0v) is 13.4. The molecule has 0 bridgehead atoms. The number of anilines is 1. The van der Waals surface area contributed by atoms with Crippen molar-refractivity contribution in [3.05, 3.63) is 59.7 Å². The van der Waals surface area contributed by atoms with Crippen LogP contribution in [0.3, 0.4) is 0 Å². The second kappa shape index (κ2) is 7.66. The van der Waals surface area contributed by atoms with Crippen LogP contribution in [0, 0.1) is 0 Å². The molecule has 5 heteroatoms. The van der Waals surface area contributed by atoms with Crippen LogP contribution in [-0.2, 0) is 11.3 Å². The molecule has 114 valence electrons. The molecule has 22 heavy (non-hydrogen) atoms. The Morgan fingerprint density at radius 2 is 1.82 bits per heavy atom. The maximum Gasteiger partial charge on any atom is 0.251 e. The molecule has 0 heterocycles. The van der Waals surface area contributed by atoms with Crippen molar-refractivity contribution in [3.63, 3.8) is 0 Å². The zero-order chi connectivity index (χ0) is 15.9. The van der Waals surface area contributed by atoms with Crippen molar-refractivity contribution in [2.75, 3.05) is 11.6 Å². The van der Waals surface area contributed by atoms with Crippen LogP contribution in [0.15, 0.2) is 53.4 Å². The van der Waals surface area contributed by atoms with Crippen molar-refractivity contribution < 1.29 is 9.59 Å². The maximum atomic E-state index is 12.2. The lowest BCUT2D eigenvalue weighted by Gasteiger charge is -2.08. The van der Waals surface area contributed by atoms with Crippen molar-refractivity contribution >= 4 is 29.3 Å². The van der Waals surface area contributed by atoms with E-state index in [-0.39, 0.29) is 11.8 Å². The number of benzene rings is 2. The number of carbonyl (C=O) groups is 2. The molecule has 0 aromatic heterocycles. The summed E-state index contributed by atoms with van der Waals surface area (Å²) in [4.78, 5) is 24.4. The van der Waals surface area contributed by atoms with E-state index in [2.05, 4.69) is 10.6 Å². The van der Waals surface area contributed by atoms with Crippen molar-refractivity contribution in [1.82, 2.24) is 5.32 Å². The zero-order valence-electron chi connectivity index (χ0n) is 12.6. The van der Waals surface area contributed by atoms with Gasteiger partial charge in [0.25, 0.3) is 5.91 Å². The van der Waals surface area contributed by atoms with E-state index in [0.29, 0.717) is 17.8 Å². The Morgan fingerprint density at radius 1 is 1.09 bits per heavy atom. The standard InChI is InChI=1S/C17H18N2O2S/c1-12(20)19-15-5-3-4-14(10-15)17(21)18-11-13-6-8-16(22-2)9-7-13/h3-10H,11H2,1-2H3,(H,18,21)(H,19,20). The lowest BCUT2D eigenvalue weighted by molar-refractivity contribution is -0.114. The van der Waals surface area contributed by atoms with Crippen LogP contribution in [0.5, 0.6) is 0 Å². The topological polar surface area (TPSA) is 58.2 Å². The van der Waals surface area contributed by atoms with E-state index < -0.39 is 0 Å². The van der Waals surface area contributed by atoms with Crippen LogP contribution >= 0.6 is 11.8 Å². The van der Waals surface area contributed by atoms with Gasteiger partial charge in [0, 0.05) is 29.6 Å². The van der Waals surface area contributed by atoms with Crippen LogP contribution in [-0.4, -0.2) is 18.1 Å². The SMILES string of the molecule is CSc1ccc(CNC(=O)c2cccc(NC(C)=O)c2)cc1. The first-order valence-corrected chi connectivity index (χ1v) is 8.10. The summed E-state index contributed by atoms with van der Waals surface area (Å²) in [6.07, 6.45) is 2.03. The van der Waals surface area contributed by atoms with E-state index in [0.717, 1.165) is 5.56 Å². The molecule has 2 amide bonds. The highest BCUT2D eigenvalue weighted by molar-refractivity contribution is 7.98. The Kier molecular flexibility index (Phi) is 5.61. The van der Waals surface area contributed by atoms with E-state index in [1.807, 2.05) is 30.5 Å². The molecule has 2 N–H and O–H groups in total. The second-order valence-corrected chi connectivity index (χ2v) is 5.67. The summed E-state index contributed by atoms with van der Waals surface area (Å²) in [6.45, 7) is 1.91. The molecule has 0 aliphatic carbocycles. The van der Waals surface area contributed by atoms with Gasteiger partial charge in [0.1, 0.15) is 0 Å². The number of nitrogens with one attached hydrogen (secondary N) is 2. The Balaban J connectivity index is 1.97. The molecule has 0 fully saturated rings. The summed E-state index contributed by atoms with van der Waals surface area (Å²) in [5.74, 6) is -0.326. The Morgan fingerprint density at radius 3 is 2.45 bits per heavy atom. The molecule has 0 radical (unpaired) electrons. The monoisotopic (exact) mass is 314 g/mol. The highest BCUT2D eigenvalue weighted by Gasteiger charge is 2.06. The number of thioether (sulfide) groups is 1. The fourth-order valence-electron chi connectivity index (χ4n) is 1.97. The van der Waals surface area contributed by atoms with E-state index in [1.165, 1.54) is 11.8 Å². The average Bonchev–Trinajstić information content (AvgIpc) is 2.52. The first-order chi connectivity index (χ1) is 10.6. The lowest BCUT2D eigenvalue weighted by Crippen LogP contribution is -2.22. The minimum atomic E-state index is -0.166. The summed E-state index contributed by atoms with van der Waals surface area (Å²) < 4.78 is 0. The van der Waals surface area contributed by atoms with Crippen LogP contribution in [0.4, 0.5) is 5.69 Å². The lowest BCUT2D eigenvalue weighted by atomic mass is 10.1. The molecular formula is C17H18N2O2S. The Hall–Kier alpha value is -2.27. The van der Waals surface area contributed by atoms with Crippen molar-refractivity contribution in [2.45, 2.75) is 18.4 Å². The molecule has 0 atom stereocenters. The molecule has 2 aromatic rings. The van der Waals surface area contributed by atoms with E-state index >= 15 is 0 Å². The third kappa shape index (κ3) is 4.63. The highest BCUT2D eigenvalue weighted by atomic mass is 32.2. The largest absolute Gasteiger partial charge is 0.348 e. The average molecular weight is 314 g/mol. The summed E-state index contributed by atoms with van der Waals surface area (Å²) in [5.41, 5.74) is 2.18. The number of hydrogen-bond acceptors (Lipinski definition) is 3. The van der Waals surface area contributed by atoms with Crippen molar-refractivity contribution in [1.29, 1.82) is 0 Å². The minimum absolute atomic E-state index is 0.161. The van der Waals surface area contributed by atoms with E-state index in [9.17, 15) is 9.59 Å². The van der Waals surface area contributed by atoms with Crippen LogP contribution in [0.25, 0.3) is 0 Å². The van der Waals surface area contributed by atoms with Crippen LogP contribution in [0.2, 0.25) is 0 Å². The van der Waals surface area contributed by atoms with Gasteiger partial charge in [0.15, 0.2) is 0 Å². The third-order valence-electron chi connectivity index (χ3n) is 3.06. The summed E-state index contributed by atoms with van der Waals surface area (Å²) in [5, 5.41) is 5.54. The molecule has 2 rings (SSSR count). The maximum absolute atomic E-state index is 12.2. The van der Waals surface area contributed by atoms with Gasteiger partial charge in [0.2, 0.25) is 5.91 Å². The molecule has 2 aromatic carbocycles. The summed E-state index contributed by atoms with van der Waals surface area (Å²) >= 11 is 1.68. The molecule has 0 aliphatic heterocycles. The predicted molar refractivity (Wildman–Crippen MR) is 90.1 cm³/mol. The number of amides is 2. The normalized spacial score (nSPS) is 10.1. The van der Waals surface area contributed by atoms with Gasteiger partial charge in [-0.25, -0.2) is 0 Å². The Labute approximate surface area is 134 Å². The third-order valence-corrected chi connectivity index (χ3v) is 3.80. The van der Waals surface area contributed by atoms with Gasteiger partial charge in [0.05, 0.1) is 0 Å². The van der Waals surface area contributed by atoms with Gasteiger partial charge in [-0.1, -0.05) is 18.2 Å². The molecule has 0 saturated carbocycles. The highest BCUT2D eigenvalue weighted by Crippen LogP contribution is 2.15. The van der Waals surface area contributed by atoms with Crippen LogP contribution in [0.1, 0.15) is 22.8 Å². The predicted octanol–water partition coefficient (Wildman–Crippen LogP) is 3.30. The number of hydrogen-bond donors (Lipinski definition) is 2. The van der Waals surface area contributed by atoms with Gasteiger partial charge in [-0.15, -0.1) is 11.8 Å². The fourth-order valence-corrected chi connectivity index (χ4v) is 2.38. The van der Waals surface area contributed by atoms with E-state index in [1.54, 1.807) is 36.0 Å². The van der Waals surface area contributed by atoms with Crippen LogP contribution < -0.4 is 10.6 Å². The summed E-state index contributed by atoms with van der Waals surface area (Å²) in [7, 11) is 0. The molecule has 0 saturated heterocycles. The molecule has 0 aliphatic rings. The van der Waals surface area contributed by atoms with Gasteiger partial charge < -0.3 is 10.6 Å². The van der Waals surface area contributed by atoms with Crippen molar-refractivity contribution in [3.8, 4) is 0 Å². The van der Waals surface area contributed by atoms with Gasteiger partial charge in [-0.3, -0.25) is 9.59 Å². The minimum Gasteiger partial charge on any atom is -0.348 e. The quantitative estimate of drug-likeness (QED) is 0.833. The smallest absolute Gasteiger partial charge is 0.251 e. The fraction of sp³-hybridized carbons (Fsp3) is 0.176. The van der Waals surface area contributed by atoms with Gasteiger partial charge in [-0.2, -0.15) is 0 Å². The van der Waals surface area contributed by atoms with E-state index in [4.69, 9.17) is 0 Å². The first kappa shape index (κ1) is 16.1. The molecule has 0 unspecified atom stereocenters. The second-order valence-electron chi connectivity index (χ2n) is 4.79. The number of carbonyl (C=O) groups excluding carboxylic acids is 2.